The number of aromatic nitrogens is 2. The molecule has 0 amide bonds. The number of imidazole rings is 1. The zero-order valence-electron chi connectivity index (χ0n) is 14.7. The van der Waals surface area contributed by atoms with Crippen molar-refractivity contribution in [3.05, 3.63) is 47.5 Å². The first kappa shape index (κ1) is 18.9. The molecule has 1 aliphatic rings. The normalized spacial score (nSPS) is 15.9. The highest BCUT2D eigenvalue weighted by Crippen LogP contribution is 2.24. The van der Waals surface area contributed by atoms with Gasteiger partial charge in [0.15, 0.2) is 11.6 Å². The van der Waals surface area contributed by atoms with Crippen LogP contribution in [-0.2, 0) is 34.5 Å². The molecule has 0 N–H and O–H groups in total. The zero-order chi connectivity index (χ0) is 18.9. The van der Waals surface area contributed by atoms with E-state index in [0.29, 0.717) is 25.3 Å². The van der Waals surface area contributed by atoms with E-state index in [1.165, 1.54) is 4.31 Å². The van der Waals surface area contributed by atoms with Crippen LogP contribution in [0.4, 0.5) is 8.78 Å². The zero-order valence-corrected chi connectivity index (χ0v) is 15.5. The van der Waals surface area contributed by atoms with Crippen LogP contribution in [0.15, 0.2) is 29.4 Å². The number of benzene rings is 1. The lowest BCUT2D eigenvalue weighted by atomic mass is 10.3. The number of aryl methyl sites for hydroxylation is 1. The Labute approximate surface area is 151 Å². The minimum Gasteiger partial charge on any atom is -0.372 e. The fraction of sp³-hybridized carbons (Fsp3) is 0.471. The van der Waals surface area contributed by atoms with Crippen molar-refractivity contribution in [2.24, 2.45) is 0 Å². The molecule has 2 heterocycles. The second kappa shape index (κ2) is 7.42. The number of rotatable bonds is 5. The van der Waals surface area contributed by atoms with E-state index >= 15 is 0 Å². The third-order valence-electron chi connectivity index (χ3n) is 4.25. The molecule has 0 saturated carbocycles. The lowest BCUT2D eigenvalue weighted by Gasteiger charge is -2.20. The molecule has 142 valence electrons. The van der Waals surface area contributed by atoms with E-state index < -0.39 is 21.7 Å². The number of halogens is 2. The van der Waals surface area contributed by atoms with Gasteiger partial charge in [-0.25, -0.2) is 22.2 Å². The van der Waals surface area contributed by atoms with Gasteiger partial charge in [-0.05, 0) is 38.5 Å². The molecule has 0 unspecified atom stereocenters. The molecule has 0 atom stereocenters. The molecule has 1 aromatic carbocycles. The van der Waals surface area contributed by atoms with Gasteiger partial charge >= 0.3 is 0 Å². The number of hydrogen-bond acceptors (Lipinski definition) is 4. The second-order valence-electron chi connectivity index (χ2n) is 6.46. The summed E-state index contributed by atoms with van der Waals surface area (Å²) in [6.45, 7) is 5.14. The highest BCUT2D eigenvalue weighted by atomic mass is 32.2. The van der Waals surface area contributed by atoms with E-state index in [1.54, 1.807) is 6.33 Å². The van der Waals surface area contributed by atoms with Crippen molar-refractivity contribution in [3.8, 4) is 0 Å². The Hall–Kier alpha value is -1.84. The van der Waals surface area contributed by atoms with Gasteiger partial charge in [0.2, 0.25) is 10.0 Å². The molecule has 0 spiro atoms. The van der Waals surface area contributed by atoms with Crippen molar-refractivity contribution in [2.75, 3.05) is 6.54 Å². The van der Waals surface area contributed by atoms with Crippen LogP contribution in [0.3, 0.4) is 0 Å². The lowest BCUT2D eigenvalue weighted by Crippen LogP contribution is -2.31. The van der Waals surface area contributed by atoms with Crippen LogP contribution in [0, 0.1) is 11.6 Å². The van der Waals surface area contributed by atoms with Crippen molar-refractivity contribution in [3.63, 3.8) is 0 Å². The van der Waals surface area contributed by atoms with E-state index in [1.807, 2.05) is 18.4 Å². The summed E-state index contributed by atoms with van der Waals surface area (Å²) in [7, 11) is -3.95. The SMILES string of the molecule is CC(C)OCc1ncn2c1CN(S(=O)(=O)c1ccc(F)c(F)c1)CCC2. The predicted molar refractivity (Wildman–Crippen MR) is 90.7 cm³/mol. The summed E-state index contributed by atoms with van der Waals surface area (Å²) in [6, 6.07) is 2.63. The monoisotopic (exact) mass is 385 g/mol. The van der Waals surface area contributed by atoms with Crippen LogP contribution in [0.25, 0.3) is 0 Å². The molecular weight excluding hydrogens is 364 g/mol. The van der Waals surface area contributed by atoms with E-state index in [4.69, 9.17) is 4.74 Å². The molecule has 26 heavy (non-hydrogen) atoms. The first-order chi connectivity index (χ1) is 12.3. The molecule has 0 bridgehead atoms. The van der Waals surface area contributed by atoms with Crippen LogP contribution in [0.5, 0.6) is 0 Å². The van der Waals surface area contributed by atoms with Gasteiger partial charge in [-0.2, -0.15) is 4.31 Å². The lowest BCUT2D eigenvalue weighted by molar-refractivity contribution is 0.0631. The van der Waals surface area contributed by atoms with Crippen molar-refractivity contribution < 1.29 is 21.9 Å². The van der Waals surface area contributed by atoms with E-state index in [-0.39, 0.29) is 24.1 Å². The van der Waals surface area contributed by atoms with Crippen molar-refractivity contribution >= 4 is 10.0 Å². The average Bonchev–Trinajstić information content (AvgIpc) is 2.82. The summed E-state index contributed by atoms with van der Waals surface area (Å²) < 4.78 is 61.2. The van der Waals surface area contributed by atoms with Crippen LogP contribution in [0.2, 0.25) is 0 Å². The summed E-state index contributed by atoms with van der Waals surface area (Å²) in [6.07, 6.45) is 2.30. The highest BCUT2D eigenvalue weighted by molar-refractivity contribution is 7.89. The molecule has 9 heteroatoms. The molecule has 3 rings (SSSR count). The smallest absolute Gasteiger partial charge is 0.243 e. The van der Waals surface area contributed by atoms with E-state index in [0.717, 1.165) is 23.9 Å². The van der Waals surface area contributed by atoms with Crippen molar-refractivity contribution in [1.29, 1.82) is 0 Å². The number of hydrogen-bond donors (Lipinski definition) is 0. The third kappa shape index (κ3) is 3.79. The summed E-state index contributed by atoms with van der Waals surface area (Å²) in [4.78, 5) is 4.07. The van der Waals surface area contributed by atoms with Gasteiger partial charge in [0, 0.05) is 13.1 Å². The van der Waals surface area contributed by atoms with Gasteiger partial charge in [0.25, 0.3) is 0 Å². The third-order valence-corrected chi connectivity index (χ3v) is 6.09. The standard InChI is InChI=1S/C17H21F2N3O3S/c1-12(2)25-10-16-17-9-22(7-3-6-21(17)11-20-16)26(23,24)13-4-5-14(18)15(19)8-13/h4-5,8,11-12H,3,6-7,9-10H2,1-2H3. The molecule has 0 saturated heterocycles. The van der Waals surface area contributed by atoms with Gasteiger partial charge in [0.1, 0.15) is 0 Å². The number of fused-ring (bicyclic) bond motifs is 1. The minimum absolute atomic E-state index is 0.0279. The largest absolute Gasteiger partial charge is 0.372 e. The fourth-order valence-corrected chi connectivity index (χ4v) is 4.30. The first-order valence-electron chi connectivity index (χ1n) is 8.38. The Kier molecular flexibility index (Phi) is 5.40. The van der Waals surface area contributed by atoms with Crippen LogP contribution in [0.1, 0.15) is 31.7 Å². The Morgan fingerprint density at radius 2 is 2.00 bits per heavy atom. The van der Waals surface area contributed by atoms with E-state index in [9.17, 15) is 17.2 Å². The summed E-state index contributed by atoms with van der Waals surface area (Å²) in [5.74, 6) is -2.26. The van der Waals surface area contributed by atoms with Crippen LogP contribution < -0.4 is 0 Å². The van der Waals surface area contributed by atoms with Crippen LogP contribution in [-0.4, -0.2) is 34.9 Å². The number of sulfonamides is 1. The molecule has 2 aromatic rings. The molecular formula is C17H21F2N3O3S. The molecule has 0 aliphatic carbocycles. The molecule has 1 aliphatic heterocycles. The Morgan fingerprint density at radius 3 is 2.69 bits per heavy atom. The van der Waals surface area contributed by atoms with Gasteiger partial charge in [-0.3, -0.25) is 0 Å². The summed E-state index contributed by atoms with van der Waals surface area (Å²) in [5.41, 5.74) is 1.44. The molecule has 1 aromatic heterocycles. The fourth-order valence-electron chi connectivity index (χ4n) is 2.85. The van der Waals surface area contributed by atoms with Gasteiger partial charge in [-0.1, -0.05) is 0 Å². The predicted octanol–water partition coefficient (Wildman–Crippen LogP) is 2.68. The van der Waals surface area contributed by atoms with Gasteiger partial charge in [-0.15, -0.1) is 0 Å². The molecule has 0 fully saturated rings. The molecule has 0 radical (unpaired) electrons. The maximum atomic E-state index is 13.5. The van der Waals surface area contributed by atoms with Crippen molar-refractivity contribution in [2.45, 2.75) is 51.0 Å². The Morgan fingerprint density at radius 1 is 1.23 bits per heavy atom. The van der Waals surface area contributed by atoms with Gasteiger partial charge < -0.3 is 9.30 Å². The number of nitrogens with zero attached hydrogens (tertiary/aromatic N) is 3. The Balaban J connectivity index is 1.90. The number of ether oxygens (including phenoxy) is 1. The quantitative estimate of drug-likeness (QED) is 0.794. The van der Waals surface area contributed by atoms with E-state index in [2.05, 4.69) is 4.98 Å². The van der Waals surface area contributed by atoms with Crippen LogP contribution >= 0.6 is 0 Å². The second-order valence-corrected chi connectivity index (χ2v) is 8.40. The maximum absolute atomic E-state index is 13.5. The van der Waals surface area contributed by atoms with Gasteiger partial charge in [0.05, 0.1) is 41.9 Å². The summed E-state index contributed by atoms with van der Waals surface area (Å²) >= 11 is 0. The Bertz CT molecular complexity index is 897. The highest BCUT2D eigenvalue weighted by Gasteiger charge is 2.29. The minimum atomic E-state index is -3.95. The van der Waals surface area contributed by atoms with Crippen molar-refractivity contribution in [1.82, 2.24) is 13.9 Å². The molecule has 6 nitrogen and oxygen atoms in total. The average molecular weight is 385 g/mol. The topological polar surface area (TPSA) is 64.4 Å². The summed E-state index contributed by atoms with van der Waals surface area (Å²) in [5, 5.41) is 0. The maximum Gasteiger partial charge on any atom is 0.243 e. The first-order valence-corrected chi connectivity index (χ1v) is 9.82.